The lowest BCUT2D eigenvalue weighted by Gasteiger charge is -2.26. The molecule has 47 heavy (non-hydrogen) atoms. The summed E-state index contributed by atoms with van der Waals surface area (Å²) in [6.45, 7) is 0. The zero-order chi connectivity index (χ0) is 34.9. The van der Waals surface area contributed by atoms with Crippen molar-refractivity contribution < 1.29 is 61.0 Å². The molecule has 252 valence electrons. The predicted molar refractivity (Wildman–Crippen MR) is 163 cm³/mol. The highest BCUT2D eigenvalue weighted by molar-refractivity contribution is 7.89. The van der Waals surface area contributed by atoms with E-state index in [0.29, 0.717) is 39.8 Å². The average Bonchev–Trinajstić information content (AvgIpc) is 3.02. The van der Waals surface area contributed by atoms with E-state index in [-0.39, 0.29) is 23.5 Å². The third kappa shape index (κ3) is 9.57. The quantitative estimate of drug-likeness (QED) is 0.323. The van der Waals surface area contributed by atoms with Crippen LogP contribution in [0.5, 0.6) is 23.0 Å². The highest BCUT2D eigenvalue weighted by atomic mass is 32.2. The van der Waals surface area contributed by atoms with Crippen molar-refractivity contribution in [1.29, 1.82) is 0 Å². The first-order chi connectivity index (χ1) is 22.1. The topological polar surface area (TPSA) is 168 Å². The van der Waals surface area contributed by atoms with Crippen LogP contribution in [0.4, 0.5) is 18.9 Å². The van der Waals surface area contributed by atoms with Gasteiger partial charge in [0.25, 0.3) is 0 Å². The largest absolute Gasteiger partial charge is 0.542 e. The van der Waals surface area contributed by atoms with Gasteiger partial charge in [-0.15, -0.1) is 0 Å². The Morgan fingerprint density at radius 1 is 0.830 bits per heavy atom. The summed E-state index contributed by atoms with van der Waals surface area (Å²) < 4.78 is 82.4. The van der Waals surface area contributed by atoms with Crippen molar-refractivity contribution in [1.82, 2.24) is 4.72 Å². The van der Waals surface area contributed by atoms with Gasteiger partial charge < -0.3 is 34.6 Å². The van der Waals surface area contributed by atoms with Gasteiger partial charge in [0, 0.05) is 23.3 Å². The summed E-state index contributed by atoms with van der Waals surface area (Å²) in [7, 11) is 2.28. The summed E-state index contributed by atoms with van der Waals surface area (Å²) in [6, 6.07) is 16.6. The van der Waals surface area contributed by atoms with Gasteiger partial charge in [-0.25, -0.2) is 13.1 Å². The molecule has 1 aliphatic rings. The number of sulfonamides is 1. The maximum atomic E-state index is 13.7. The van der Waals surface area contributed by atoms with E-state index in [1.807, 2.05) is 12.1 Å². The molecule has 0 atom stereocenters. The number of halogens is 3. The van der Waals surface area contributed by atoms with Crippen molar-refractivity contribution in [3.05, 3.63) is 82.9 Å². The Balaban J connectivity index is 0.000000771. The third-order valence-electron chi connectivity index (χ3n) is 6.83. The molecule has 3 aromatic rings. The lowest BCUT2D eigenvalue weighted by Crippen LogP contribution is -2.44. The molecule has 0 aliphatic heterocycles. The molecule has 4 N–H and O–H groups in total. The molecule has 0 unspecified atom stereocenters. The summed E-state index contributed by atoms with van der Waals surface area (Å²) in [6.07, 6.45) is -1.28. The molecular weight excluding hydrogens is 645 g/mol. The van der Waals surface area contributed by atoms with Crippen LogP contribution in [0, 0.1) is 0 Å². The summed E-state index contributed by atoms with van der Waals surface area (Å²) in [5.74, 6) is -1.02. The predicted octanol–water partition coefficient (Wildman–Crippen LogP) is 3.07. The van der Waals surface area contributed by atoms with Gasteiger partial charge >= 0.3 is 6.18 Å². The Hall–Kier alpha value is -4.86. The zero-order valence-electron chi connectivity index (χ0n) is 25.8. The maximum absolute atomic E-state index is 13.7. The Morgan fingerprint density at radius 3 is 1.64 bits per heavy atom. The number of ketones is 1. The van der Waals surface area contributed by atoms with E-state index in [2.05, 4.69) is 10.5 Å². The Kier molecular flexibility index (Phi) is 12.2. The Bertz CT molecular complexity index is 1710. The molecule has 0 radical (unpaired) electrons. The first-order valence-corrected chi connectivity index (χ1v) is 15.2. The van der Waals surface area contributed by atoms with E-state index < -0.39 is 28.2 Å². The molecular formula is C32H33F3N2O9S. The molecule has 3 aromatic carbocycles. The molecule has 0 heterocycles. The second kappa shape index (κ2) is 15.6. The highest BCUT2D eigenvalue weighted by Gasteiger charge is 2.32. The van der Waals surface area contributed by atoms with Crippen LogP contribution in [0.25, 0.3) is 12.2 Å². The smallest absolute Gasteiger partial charge is 0.430 e. The van der Waals surface area contributed by atoms with Crippen molar-refractivity contribution in [2.45, 2.75) is 30.0 Å². The lowest BCUT2D eigenvalue weighted by molar-refractivity contribution is -0.344. The maximum Gasteiger partial charge on any atom is 0.430 e. The van der Waals surface area contributed by atoms with E-state index in [4.69, 9.17) is 28.8 Å². The Morgan fingerprint density at radius 2 is 1.26 bits per heavy atom. The highest BCUT2D eigenvalue weighted by Crippen LogP contribution is 2.34. The first kappa shape index (κ1) is 36.6. The number of rotatable bonds is 9. The summed E-state index contributed by atoms with van der Waals surface area (Å²) in [5.41, 5.74) is 6.61. The number of hydrogen-bond acceptors (Lipinski definition) is 9. The van der Waals surface area contributed by atoms with E-state index >= 15 is 0 Å². The number of carboxylic acid groups (broad SMARTS) is 1. The standard InChI is InChI=1S/C30H32N2O7S.C2HF3O2/c1-36-25-11-9-19(15-27(25)38-3)13-21-17-23(32-40(34,35)29-8-6-5-7-24(29)31)18-22(30(21)33)14-20-10-12-26(37-2)28(16-20)39-4;3-2(4,5)1(6)7/h5-16,23,32H,17-18,31H2,1-4H3;(H,6,7)/b21-13+,22-14+;. The number of quaternary nitrogens is 1. The number of hydrogen-bond donors (Lipinski definition) is 2. The Labute approximate surface area is 269 Å². The van der Waals surface area contributed by atoms with E-state index in [1.54, 1.807) is 68.8 Å². The van der Waals surface area contributed by atoms with Crippen LogP contribution < -0.4 is 34.5 Å². The van der Waals surface area contributed by atoms with Crippen LogP contribution in [0.1, 0.15) is 24.0 Å². The minimum absolute atomic E-state index is 0.0998. The van der Waals surface area contributed by atoms with Crippen molar-refractivity contribution in [2.75, 3.05) is 28.4 Å². The number of aliphatic carboxylic acids is 1. The second-order valence-electron chi connectivity index (χ2n) is 10.0. The van der Waals surface area contributed by atoms with Gasteiger partial charge in [0.15, 0.2) is 28.8 Å². The van der Waals surface area contributed by atoms with Crippen molar-refractivity contribution in [3.8, 4) is 23.0 Å². The van der Waals surface area contributed by atoms with Crippen LogP contribution in [0.3, 0.4) is 0 Å². The molecule has 1 aliphatic carbocycles. The molecule has 0 bridgehead atoms. The number of carbonyl (C=O) groups is 2. The van der Waals surface area contributed by atoms with Gasteiger partial charge in [-0.3, -0.25) is 4.79 Å². The van der Waals surface area contributed by atoms with Gasteiger partial charge in [-0.1, -0.05) is 24.3 Å². The van der Waals surface area contributed by atoms with Gasteiger partial charge in [0.05, 0.1) is 28.4 Å². The molecule has 0 amide bonds. The number of nitrogens with one attached hydrogen (secondary N) is 1. The van der Waals surface area contributed by atoms with Gasteiger partial charge in [0.1, 0.15) is 16.6 Å². The van der Waals surface area contributed by atoms with Crippen LogP contribution in [0.15, 0.2) is 76.7 Å². The number of benzene rings is 3. The van der Waals surface area contributed by atoms with Crippen LogP contribution in [-0.2, 0) is 19.6 Å². The molecule has 1 fully saturated rings. The van der Waals surface area contributed by atoms with Crippen molar-refractivity contribution >= 4 is 39.6 Å². The molecule has 1 saturated carbocycles. The van der Waals surface area contributed by atoms with E-state index in [9.17, 15) is 26.4 Å². The normalized spacial score (nSPS) is 16.7. The van der Waals surface area contributed by atoms with Crippen LogP contribution in [-0.4, -0.2) is 60.8 Å². The monoisotopic (exact) mass is 678 g/mol. The summed E-state index contributed by atoms with van der Waals surface area (Å²) >= 11 is 0. The third-order valence-corrected chi connectivity index (χ3v) is 8.45. The van der Waals surface area contributed by atoms with Gasteiger partial charge in [-0.2, -0.15) is 13.2 Å². The molecule has 4 rings (SSSR count). The van der Waals surface area contributed by atoms with Crippen molar-refractivity contribution in [3.63, 3.8) is 0 Å². The fourth-order valence-corrected chi connectivity index (χ4v) is 6.07. The minimum atomic E-state index is -5.19. The number of carboxylic acids is 1. The van der Waals surface area contributed by atoms with Crippen LogP contribution in [0.2, 0.25) is 0 Å². The molecule has 0 aromatic heterocycles. The lowest BCUT2D eigenvalue weighted by atomic mass is 9.84. The number of ether oxygens (including phenoxy) is 4. The van der Waals surface area contributed by atoms with Crippen LogP contribution >= 0.6 is 0 Å². The molecule has 11 nitrogen and oxygen atoms in total. The molecule has 15 heteroatoms. The zero-order valence-corrected chi connectivity index (χ0v) is 26.7. The number of carbonyl (C=O) groups excluding carboxylic acids is 2. The first-order valence-electron chi connectivity index (χ1n) is 13.7. The fraction of sp³-hybridized carbons (Fsp3) is 0.250. The second-order valence-corrected chi connectivity index (χ2v) is 11.7. The number of methoxy groups -OCH3 is 4. The fourth-order valence-electron chi connectivity index (χ4n) is 4.66. The van der Waals surface area contributed by atoms with Gasteiger partial charge in [0.2, 0.25) is 10.0 Å². The number of alkyl halides is 3. The summed E-state index contributed by atoms with van der Waals surface area (Å²) in [5, 5.41) is 8.78. The average molecular weight is 679 g/mol. The number of Topliss-reactive ketones (excluding diaryl/α,β-unsaturated/α-hetero) is 1. The molecule has 0 saturated heterocycles. The summed E-state index contributed by atoms with van der Waals surface area (Å²) in [4.78, 5) is 22.6. The van der Waals surface area contributed by atoms with Crippen molar-refractivity contribution in [2.24, 2.45) is 0 Å². The van der Waals surface area contributed by atoms with E-state index in [1.165, 1.54) is 20.3 Å². The SMILES string of the molecule is COc1ccc(/C=C2\CC(NS(=O)(=O)c3ccccc3[NH3+])C/C(=C\c3ccc(OC)c(OC)c3)C2=O)cc1OC.O=C([O-])C(F)(F)F. The van der Waals surface area contributed by atoms with Gasteiger partial charge in [-0.05, 0) is 66.5 Å². The minimum Gasteiger partial charge on any atom is -0.542 e. The molecule has 0 spiro atoms. The van der Waals surface area contributed by atoms with E-state index in [0.717, 1.165) is 11.1 Å².